The lowest BCUT2D eigenvalue weighted by atomic mass is 9.94. The van der Waals surface area contributed by atoms with Gasteiger partial charge in [-0.3, -0.25) is 0 Å². The fourth-order valence-electron chi connectivity index (χ4n) is 4.81. The van der Waals surface area contributed by atoms with E-state index >= 15 is 0 Å². The lowest BCUT2D eigenvalue weighted by Gasteiger charge is -2.36. The third-order valence-electron chi connectivity index (χ3n) is 6.96. The highest BCUT2D eigenvalue weighted by Crippen LogP contribution is 2.42. The number of anilines is 2. The number of rotatable bonds is 6. The fraction of sp³-hybridized carbons (Fsp3) is 0.762. The summed E-state index contributed by atoms with van der Waals surface area (Å²) in [7, 11) is 2.07. The van der Waals surface area contributed by atoms with E-state index in [0.29, 0.717) is 35.8 Å². The monoisotopic (exact) mass is 448 g/mol. The molecule has 0 amide bonds. The number of oxime groups is 1. The van der Waals surface area contributed by atoms with E-state index in [9.17, 15) is 9.66 Å². The normalized spacial score (nSPS) is 27.4. The first kappa shape index (κ1) is 21.1. The average Bonchev–Trinajstić information content (AvgIpc) is 3.27. The molecular weight excluding hydrogens is 416 g/mol. The Morgan fingerprint density at radius 2 is 2.03 bits per heavy atom. The van der Waals surface area contributed by atoms with Crippen LogP contribution >= 0.6 is 0 Å². The number of hydrogen-bond donors (Lipinski definition) is 2. The van der Waals surface area contributed by atoms with Crippen LogP contribution in [0.15, 0.2) is 10.1 Å². The quantitative estimate of drug-likeness (QED) is 0.631. The molecule has 1 aromatic rings. The molecule has 5 rings (SSSR count). The van der Waals surface area contributed by atoms with E-state index in [-0.39, 0.29) is 18.4 Å². The molecule has 2 unspecified atom stereocenters. The van der Waals surface area contributed by atoms with E-state index in [1.54, 1.807) is 0 Å². The first-order valence-corrected chi connectivity index (χ1v) is 12.6. The molecule has 31 heavy (non-hydrogen) atoms. The van der Waals surface area contributed by atoms with Crippen molar-refractivity contribution >= 4 is 28.8 Å². The van der Waals surface area contributed by atoms with Gasteiger partial charge in [0.2, 0.25) is 17.1 Å². The zero-order chi connectivity index (χ0) is 21.8. The zero-order valence-corrected chi connectivity index (χ0v) is 19.3. The van der Waals surface area contributed by atoms with Gasteiger partial charge in [-0.05, 0) is 36.9 Å². The number of nitrogens with zero attached hydrogens (tertiary/aromatic N) is 5. The van der Waals surface area contributed by atoms with Crippen LogP contribution < -0.4 is 10.2 Å². The van der Waals surface area contributed by atoms with E-state index in [1.807, 2.05) is 0 Å². The van der Waals surface area contributed by atoms with Gasteiger partial charge in [-0.15, -0.1) is 0 Å². The molecular formula is C21H32N6O3S. The molecule has 10 heteroatoms. The first-order chi connectivity index (χ1) is 14.9. The molecule has 0 radical (unpaired) electrons. The summed E-state index contributed by atoms with van der Waals surface area (Å²) < 4.78 is 12.5. The molecule has 4 heterocycles. The van der Waals surface area contributed by atoms with Crippen molar-refractivity contribution in [2.75, 3.05) is 42.7 Å². The zero-order valence-electron chi connectivity index (χ0n) is 18.5. The minimum atomic E-state index is -1.07. The third-order valence-corrected chi connectivity index (χ3v) is 8.41. The van der Waals surface area contributed by atoms with Crippen molar-refractivity contribution < 1.29 is 14.5 Å². The number of amidine groups is 1. The molecule has 3 aliphatic heterocycles. The Bertz CT molecular complexity index is 869. The Hall–Kier alpha value is -1.78. The first-order valence-electron chi connectivity index (χ1n) is 11.3. The lowest BCUT2D eigenvalue weighted by Crippen LogP contribution is -2.45. The van der Waals surface area contributed by atoms with E-state index in [0.717, 1.165) is 55.2 Å². The number of aliphatic hydroxyl groups excluding tert-OH is 1. The minimum Gasteiger partial charge on any atom is -0.611 e. The van der Waals surface area contributed by atoms with Gasteiger partial charge in [-0.25, -0.2) is 4.98 Å². The summed E-state index contributed by atoms with van der Waals surface area (Å²) in [6.45, 7) is 6.03. The molecule has 2 N–H and O–H groups in total. The molecule has 2 fully saturated rings. The fourth-order valence-corrected chi connectivity index (χ4v) is 6.11. The SMILES string of the molecule is CC(C)C1=NOC(C2CCN(c3nc4c(c(NC5(CO)CC5)n3)[S+]([O-])CC4)CC2)N1C. The van der Waals surface area contributed by atoms with Gasteiger partial charge in [0, 0.05) is 38.4 Å². The van der Waals surface area contributed by atoms with E-state index in [2.05, 4.69) is 41.2 Å². The molecule has 1 saturated heterocycles. The van der Waals surface area contributed by atoms with Gasteiger partial charge >= 0.3 is 0 Å². The van der Waals surface area contributed by atoms with Crippen LogP contribution in [0.2, 0.25) is 0 Å². The van der Waals surface area contributed by atoms with Gasteiger partial charge in [0.05, 0.1) is 12.1 Å². The van der Waals surface area contributed by atoms with Crippen molar-refractivity contribution in [1.82, 2.24) is 14.9 Å². The number of aromatic nitrogens is 2. The van der Waals surface area contributed by atoms with Gasteiger partial charge in [0.15, 0.2) is 5.82 Å². The summed E-state index contributed by atoms with van der Waals surface area (Å²) in [5.41, 5.74) is 0.577. The maximum absolute atomic E-state index is 12.5. The molecule has 0 bridgehead atoms. The number of aryl methyl sites for hydroxylation is 1. The molecule has 1 aliphatic carbocycles. The van der Waals surface area contributed by atoms with Crippen molar-refractivity contribution in [3.63, 3.8) is 0 Å². The van der Waals surface area contributed by atoms with Crippen molar-refractivity contribution in [2.45, 2.75) is 62.6 Å². The number of nitrogens with one attached hydrogen (secondary N) is 1. The largest absolute Gasteiger partial charge is 0.611 e. The summed E-state index contributed by atoms with van der Waals surface area (Å²) in [5, 5.41) is 17.4. The maximum atomic E-state index is 12.5. The molecule has 0 spiro atoms. The Balaban J connectivity index is 1.30. The molecule has 170 valence electrons. The van der Waals surface area contributed by atoms with Gasteiger partial charge in [-0.2, -0.15) is 4.98 Å². The lowest BCUT2D eigenvalue weighted by molar-refractivity contribution is -0.0309. The highest BCUT2D eigenvalue weighted by atomic mass is 32.2. The van der Waals surface area contributed by atoms with Crippen molar-refractivity contribution in [3.8, 4) is 0 Å². The van der Waals surface area contributed by atoms with Crippen LogP contribution in [0.4, 0.5) is 11.8 Å². The average molecular weight is 449 g/mol. The van der Waals surface area contributed by atoms with Crippen LogP contribution in [-0.4, -0.2) is 74.6 Å². The topological polar surface area (TPSA) is 109 Å². The number of aliphatic hydroxyl groups is 1. The summed E-state index contributed by atoms with van der Waals surface area (Å²) in [6, 6.07) is 0. The van der Waals surface area contributed by atoms with Crippen molar-refractivity contribution in [3.05, 3.63) is 5.69 Å². The van der Waals surface area contributed by atoms with E-state index in [4.69, 9.17) is 14.8 Å². The molecule has 9 nitrogen and oxygen atoms in total. The van der Waals surface area contributed by atoms with Crippen molar-refractivity contribution in [2.24, 2.45) is 17.0 Å². The Morgan fingerprint density at radius 3 is 2.65 bits per heavy atom. The Morgan fingerprint density at radius 1 is 1.29 bits per heavy atom. The molecule has 1 aromatic heterocycles. The third kappa shape index (κ3) is 3.82. The second-order valence-electron chi connectivity index (χ2n) is 9.55. The second kappa shape index (κ2) is 7.97. The number of fused-ring (bicyclic) bond motifs is 1. The smallest absolute Gasteiger partial charge is 0.227 e. The molecule has 0 aromatic carbocycles. The summed E-state index contributed by atoms with van der Waals surface area (Å²) in [4.78, 5) is 20.5. The van der Waals surface area contributed by atoms with Crippen LogP contribution in [0, 0.1) is 11.8 Å². The summed E-state index contributed by atoms with van der Waals surface area (Å²) >= 11 is -1.07. The van der Waals surface area contributed by atoms with Gasteiger partial charge in [0.1, 0.15) is 17.3 Å². The molecule has 2 atom stereocenters. The number of piperidine rings is 1. The van der Waals surface area contributed by atoms with Crippen LogP contribution in [0.5, 0.6) is 0 Å². The molecule has 1 saturated carbocycles. The minimum absolute atomic E-state index is 0.000540. The second-order valence-corrected chi connectivity index (χ2v) is 11.1. The van der Waals surface area contributed by atoms with E-state index in [1.165, 1.54) is 0 Å². The summed E-state index contributed by atoms with van der Waals surface area (Å²) in [5.74, 6) is 3.71. The Kier molecular flexibility index (Phi) is 5.42. The van der Waals surface area contributed by atoms with E-state index < -0.39 is 11.2 Å². The van der Waals surface area contributed by atoms with Gasteiger partial charge in [-0.1, -0.05) is 19.0 Å². The number of hydrogen-bond acceptors (Lipinski definition) is 9. The molecule has 4 aliphatic rings. The standard InChI is InChI=1S/C21H32N6O3S/c1-13(2)18-25-30-19(26(18)3)14-4-9-27(10-5-14)20-22-15-6-11-31(29)16(15)17(23-20)24-21(12-28)7-8-21/h13-14,19,28H,4-12H2,1-3H3,(H,22,23,24). The van der Waals surface area contributed by atoms with Crippen LogP contribution in [0.3, 0.4) is 0 Å². The Labute approximate surface area is 186 Å². The van der Waals surface area contributed by atoms with Crippen LogP contribution in [-0.2, 0) is 22.4 Å². The van der Waals surface area contributed by atoms with Crippen LogP contribution in [0.25, 0.3) is 0 Å². The van der Waals surface area contributed by atoms with Crippen LogP contribution in [0.1, 0.15) is 45.2 Å². The van der Waals surface area contributed by atoms with Gasteiger partial charge < -0.3 is 29.6 Å². The highest BCUT2D eigenvalue weighted by Gasteiger charge is 2.45. The highest BCUT2D eigenvalue weighted by molar-refractivity contribution is 7.91. The summed E-state index contributed by atoms with van der Waals surface area (Å²) in [6.07, 6.45) is 4.48. The predicted molar refractivity (Wildman–Crippen MR) is 120 cm³/mol. The maximum Gasteiger partial charge on any atom is 0.227 e. The van der Waals surface area contributed by atoms with Gasteiger partial charge in [0.25, 0.3) is 0 Å². The van der Waals surface area contributed by atoms with Crippen molar-refractivity contribution in [1.29, 1.82) is 0 Å². The predicted octanol–water partition coefficient (Wildman–Crippen LogP) is 1.55.